The van der Waals surface area contributed by atoms with E-state index in [9.17, 15) is 9.59 Å². The smallest absolute Gasteiger partial charge is 0.270 e. The Kier molecular flexibility index (Phi) is 5.67. The molecule has 2 N–H and O–H groups in total. The second kappa shape index (κ2) is 8.39. The van der Waals surface area contributed by atoms with Gasteiger partial charge in [0.1, 0.15) is 11.8 Å². The number of hydrogen-bond donors (Lipinski definition) is 2. The molecule has 1 fully saturated rings. The molecule has 2 amide bonds. The average Bonchev–Trinajstić information content (AvgIpc) is 3.06. The lowest BCUT2D eigenvalue weighted by atomic mass is 9.96. The number of aromatic nitrogens is 2. The van der Waals surface area contributed by atoms with Gasteiger partial charge in [0.15, 0.2) is 0 Å². The van der Waals surface area contributed by atoms with Gasteiger partial charge in [-0.1, -0.05) is 0 Å². The molecule has 0 saturated heterocycles. The molecule has 0 bridgehead atoms. The molecule has 1 saturated carbocycles. The molecule has 0 spiro atoms. The number of nitrogens with one attached hydrogen (secondary N) is 1. The molecule has 1 aliphatic heterocycles. The Hall–Kier alpha value is -3.00. The fourth-order valence-electron chi connectivity index (χ4n) is 3.77. The van der Waals surface area contributed by atoms with E-state index in [0.717, 1.165) is 24.0 Å². The molecule has 8 heteroatoms. The van der Waals surface area contributed by atoms with E-state index in [2.05, 4.69) is 15.3 Å². The highest BCUT2D eigenvalue weighted by Gasteiger charge is 2.35. The number of carbonyl (C=O) groups is 2. The second-order valence-electron chi connectivity index (χ2n) is 7.84. The van der Waals surface area contributed by atoms with E-state index in [1.807, 2.05) is 19.9 Å². The maximum absolute atomic E-state index is 13.0. The number of aliphatic hydroxyl groups excluding tert-OH is 1. The molecule has 158 valence electrons. The van der Waals surface area contributed by atoms with E-state index in [1.165, 1.54) is 12.6 Å². The molecule has 2 aromatic heterocycles. The normalized spacial score (nSPS) is 16.8. The van der Waals surface area contributed by atoms with Crippen molar-refractivity contribution >= 4 is 11.8 Å². The summed E-state index contributed by atoms with van der Waals surface area (Å²) in [4.78, 5) is 35.8. The van der Waals surface area contributed by atoms with Crippen LogP contribution in [0.1, 0.15) is 69.8 Å². The number of carbonyl (C=O) groups excluding carboxylic acids is 2. The molecule has 4 rings (SSSR count). The van der Waals surface area contributed by atoms with Crippen LogP contribution >= 0.6 is 0 Å². The number of amides is 2. The molecule has 2 aromatic rings. The summed E-state index contributed by atoms with van der Waals surface area (Å²) in [6, 6.07) is 3.43. The summed E-state index contributed by atoms with van der Waals surface area (Å²) in [7, 11) is 0. The Labute approximate surface area is 175 Å². The summed E-state index contributed by atoms with van der Waals surface area (Å²) in [6.07, 6.45) is 6.83. The molecule has 8 nitrogen and oxygen atoms in total. The van der Waals surface area contributed by atoms with Crippen molar-refractivity contribution in [3.05, 3.63) is 52.5 Å². The topological polar surface area (TPSA) is 105 Å². The number of rotatable bonds is 7. The number of pyridine rings is 2. The van der Waals surface area contributed by atoms with Gasteiger partial charge in [0, 0.05) is 42.2 Å². The first-order chi connectivity index (χ1) is 14.5. The zero-order valence-electron chi connectivity index (χ0n) is 17.2. The zero-order valence-corrected chi connectivity index (χ0v) is 17.2. The van der Waals surface area contributed by atoms with Crippen molar-refractivity contribution in [2.75, 3.05) is 13.2 Å². The van der Waals surface area contributed by atoms with Crippen molar-refractivity contribution in [1.82, 2.24) is 20.2 Å². The largest absolute Gasteiger partial charge is 0.474 e. The van der Waals surface area contributed by atoms with Crippen molar-refractivity contribution in [2.24, 2.45) is 0 Å². The van der Waals surface area contributed by atoms with Gasteiger partial charge < -0.3 is 20.1 Å². The lowest BCUT2D eigenvalue weighted by molar-refractivity contribution is 0.0714. The zero-order chi connectivity index (χ0) is 21.3. The Balaban J connectivity index is 1.53. The molecule has 0 radical (unpaired) electrons. The van der Waals surface area contributed by atoms with E-state index >= 15 is 0 Å². The fourth-order valence-corrected chi connectivity index (χ4v) is 3.77. The predicted molar refractivity (Wildman–Crippen MR) is 109 cm³/mol. The van der Waals surface area contributed by atoms with E-state index in [-0.39, 0.29) is 36.9 Å². The average molecular weight is 410 g/mol. The monoisotopic (exact) mass is 410 g/mol. The van der Waals surface area contributed by atoms with Crippen LogP contribution in [0, 0.1) is 6.92 Å². The molecule has 30 heavy (non-hydrogen) atoms. The number of ether oxygens (including phenoxy) is 1. The van der Waals surface area contributed by atoms with Crippen LogP contribution in [0.3, 0.4) is 0 Å². The highest BCUT2D eigenvalue weighted by Crippen LogP contribution is 2.34. The molecule has 2 aliphatic rings. The minimum Gasteiger partial charge on any atom is -0.474 e. The summed E-state index contributed by atoms with van der Waals surface area (Å²) in [5, 5.41) is 11.5. The van der Waals surface area contributed by atoms with E-state index in [4.69, 9.17) is 9.84 Å². The number of hydrogen-bond acceptors (Lipinski definition) is 6. The summed E-state index contributed by atoms with van der Waals surface area (Å²) in [5.41, 5.74) is 3.18. The summed E-state index contributed by atoms with van der Waals surface area (Å²) >= 11 is 0. The summed E-state index contributed by atoms with van der Waals surface area (Å²) < 4.78 is 5.93. The van der Waals surface area contributed by atoms with Gasteiger partial charge in [-0.3, -0.25) is 14.6 Å². The predicted octanol–water partition coefficient (Wildman–Crippen LogP) is 2.16. The lowest BCUT2D eigenvalue weighted by Crippen LogP contribution is -2.29. The molecule has 3 heterocycles. The lowest BCUT2D eigenvalue weighted by Gasteiger charge is -2.28. The third-order valence-corrected chi connectivity index (χ3v) is 5.82. The third kappa shape index (κ3) is 3.75. The first kappa shape index (κ1) is 20.3. The SMILES string of the molecule is Cc1cc(C(C)N2Cc3c(ccnc3C(=O)NCCO)C2=O)cnc1OC1CCC1. The number of aryl methyl sites for hydroxylation is 1. The number of aliphatic hydroxyl groups is 1. The van der Waals surface area contributed by atoms with Crippen LogP contribution in [0.5, 0.6) is 5.88 Å². The molecule has 1 atom stereocenters. The van der Waals surface area contributed by atoms with Crippen molar-refractivity contribution in [3.8, 4) is 5.88 Å². The first-order valence-corrected chi connectivity index (χ1v) is 10.3. The van der Waals surface area contributed by atoms with Gasteiger partial charge in [-0.25, -0.2) is 4.98 Å². The van der Waals surface area contributed by atoms with Crippen LogP contribution in [-0.4, -0.2) is 51.0 Å². The van der Waals surface area contributed by atoms with E-state index < -0.39 is 5.91 Å². The van der Waals surface area contributed by atoms with Gasteiger partial charge in [-0.2, -0.15) is 0 Å². The fraction of sp³-hybridized carbons (Fsp3) is 0.455. The molecule has 0 aromatic carbocycles. The van der Waals surface area contributed by atoms with Gasteiger partial charge in [-0.05, 0) is 50.8 Å². The molecular formula is C22H26N4O4. The van der Waals surface area contributed by atoms with Gasteiger partial charge in [-0.15, -0.1) is 0 Å². The summed E-state index contributed by atoms with van der Waals surface area (Å²) in [5.74, 6) is 0.125. The summed E-state index contributed by atoms with van der Waals surface area (Å²) in [6.45, 7) is 4.19. The maximum Gasteiger partial charge on any atom is 0.270 e. The molecule has 1 unspecified atom stereocenters. The van der Waals surface area contributed by atoms with Gasteiger partial charge in [0.2, 0.25) is 5.88 Å². The van der Waals surface area contributed by atoms with Crippen molar-refractivity contribution < 1.29 is 19.4 Å². The third-order valence-electron chi connectivity index (χ3n) is 5.82. The van der Waals surface area contributed by atoms with Gasteiger partial charge in [0.25, 0.3) is 11.8 Å². The Morgan fingerprint density at radius 1 is 1.40 bits per heavy atom. The quantitative estimate of drug-likeness (QED) is 0.725. The molecular weight excluding hydrogens is 384 g/mol. The first-order valence-electron chi connectivity index (χ1n) is 10.3. The number of fused-ring (bicyclic) bond motifs is 1. The number of nitrogens with zero attached hydrogens (tertiary/aromatic N) is 3. The van der Waals surface area contributed by atoms with Crippen LogP contribution in [-0.2, 0) is 6.54 Å². The highest BCUT2D eigenvalue weighted by atomic mass is 16.5. The minimum absolute atomic E-state index is 0.136. The minimum atomic E-state index is -0.391. The highest BCUT2D eigenvalue weighted by molar-refractivity contribution is 6.03. The second-order valence-corrected chi connectivity index (χ2v) is 7.84. The van der Waals surface area contributed by atoms with Crippen LogP contribution in [0.15, 0.2) is 24.5 Å². The Bertz CT molecular complexity index is 974. The Morgan fingerprint density at radius 3 is 2.87 bits per heavy atom. The maximum atomic E-state index is 13.0. The van der Waals surface area contributed by atoms with Crippen LogP contribution in [0.25, 0.3) is 0 Å². The van der Waals surface area contributed by atoms with Gasteiger partial charge >= 0.3 is 0 Å². The Morgan fingerprint density at radius 2 is 2.20 bits per heavy atom. The van der Waals surface area contributed by atoms with E-state index in [0.29, 0.717) is 23.6 Å². The van der Waals surface area contributed by atoms with Crippen molar-refractivity contribution in [3.63, 3.8) is 0 Å². The standard InChI is InChI=1S/C22H26N4O4/c1-13-10-15(11-25-21(13)30-16-4-3-5-16)14(2)26-12-18-17(22(26)29)6-7-23-19(18)20(28)24-8-9-27/h6-7,10-11,14,16,27H,3-5,8-9,12H2,1-2H3,(H,24,28). The van der Waals surface area contributed by atoms with Crippen LogP contribution in [0.2, 0.25) is 0 Å². The van der Waals surface area contributed by atoms with Crippen LogP contribution in [0.4, 0.5) is 0 Å². The van der Waals surface area contributed by atoms with E-state index in [1.54, 1.807) is 17.2 Å². The van der Waals surface area contributed by atoms with Crippen molar-refractivity contribution in [1.29, 1.82) is 0 Å². The van der Waals surface area contributed by atoms with Crippen molar-refractivity contribution in [2.45, 2.75) is 51.8 Å². The van der Waals surface area contributed by atoms with Crippen LogP contribution < -0.4 is 10.1 Å². The molecule has 1 aliphatic carbocycles. The van der Waals surface area contributed by atoms with Gasteiger partial charge in [0.05, 0.1) is 12.6 Å².